The fourth-order valence-electron chi connectivity index (χ4n) is 2.80. The standard InChI is InChI=1S/C12H12O2/c13-11(14)9-1-3-10(4-2-9)12-5-8(6-12)7-12/h1-4,8H,5-7H2,(H,13,14). The van der Waals surface area contributed by atoms with Gasteiger partial charge in [0, 0.05) is 0 Å². The van der Waals surface area contributed by atoms with Crippen molar-refractivity contribution in [1.29, 1.82) is 0 Å². The summed E-state index contributed by atoms with van der Waals surface area (Å²) < 4.78 is 0. The van der Waals surface area contributed by atoms with Crippen molar-refractivity contribution in [2.45, 2.75) is 24.7 Å². The first-order chi connectivity index (χ1) is 6.70. The molecule has 0 atom stereocenters. The molecule has 1 aromatic carbocycles. The second-order valence-corrected chi connectivity index (χ2v) is 4.64. The molecule has 1 aromatic rings. The lowest BCUT2D eigenvalue weighted by molar-refractivity contribution is -0.0274. The van der Waals surface area contributed by atoms with Gasteiger partial charge < -0.3 is 5.11 Å². The molecule has 0 amide bonds. The summed E-state index contributed by atoms with van der Waals surface area (Å²) in [6, 6.07) is 7.41. The first kappa shape index (κ1) is 8.04. The number of aromatic carboxylic acids is 1. The lowest BCUT2D eigenvalue weighted by Crippen LogP contribution is -2.55. The number of hydrogen-bond donors (Lipinski definition) is 1. The summed E-state index contributed by atoms with van der Waals surface area (Å²) in [5.41, 5.74) is 2.17. The van der Waals surface area contributed by atoms with Gasteiger partial charge in [0.1, 0.15) is 0 Å². The zero-order chi connectivity index (χ0) is 9.76. The lowest BCUT2D eigenvalue weighted by Gasteiger charge is -2.62. The molecule has 3 aliphatic rings. The second kappa shape index (κ2) is 2.38. The van der Waals surface area contributed by atoms with E-state index in [1.165, 1.54) is 24.8 Å². The van der Waals surface area contributed by atoms with E-state index in [0.717, 1.165) is 5.92 Å². The van der Waals surface area contributed by atoms with Crippen molar-refractivity contribution in [2.24, 2.45) is 5.92 Å². The van der Waals surface area contributed by atoms with E-state index in [2.05, 4.69) is 0 Å². The molecule has 3 saturated carbocycles. The minimum absolute atomic E-state index is 0.389. The molecule has 2 heteroatoms. The normalized spacial score (nSPS) is 33.0. The number of benzene rings is 1. The fourth-order valence-corrected chi connectivity index (χ4v) is 2.80. The van der Waals surface area contributed by atoms with Gasteiger partial charge in [-0.2, -0.15) is 0 Å². The number of carboxylic acids is 1. The molecule has 3 fully saturated rings. The maximum atomic E-state index is 10.7. The molecule has 0 spiro atoms. The molecule has 72 valence electrons. The number of hydrogen-bond acceptors (Lipinski definition) is 1. The largest absolute Gasteiger partial charge is 0.478 e. The van der Waals surface area contributed by atoms with Crippen molar-refractivity contribution in [1.82, 2.24) is 0 Å². The van der Waals surface area contributed by atoms with Crippen LogP contribution in [0.3, 0.4) is 0 Å². The SMILES string of the molecule is O=C(O)c1ccc(C23CC(C2)C3)cc1. The summed E-state index contributed by atoms with van der Waals surface area (Å²) in [7, 11) is 0. The Bertz CT molecular complexity index is 374. The van der Waals surface area contributed by atoms with Crippen molar-refractivity contribution in [3.8, 4) is 0 Å². The average molecular weight is 188 g/mol. The Kier molecular flexibility index (Phi) is 1.37. The molecule has 2 bridgehead atoms. The number of carbonyl (C=O) groups is 1. The molecule has 0 aliphatic heterocycles. The van der Waals surface area contributed by atoms with Gasteiger partial charge in [0.25, 0.3) is 0 Å². The highest BCUT2D eigenvalue weighted by Gasteiger charge is 2.57. The summed E-state index contributed by atoms with van der Waals surface area (Å²) in [4.78, 5) is 10.7. The average Bonchev–Trinajstić information content (AvgIpc) is 1.99. The second-order valence-electron chi connectivity index (χ2n) is 4.64. The van der Waals surface area contributed by atoms with Crippen LogP contribution in [-0.4, -0.2) is 11.1 Å². The van der Waals surface area contributed by atoms with Gasteiger partial charge in [-0.05, 0) is 48.3 Å². The highest BCUT2D eigenvalue weighted by molar-refractivity contribution is 5.87. The summed E-state index contributed by atoms with van der Waals surface area (Å²) >= 11 is 0. The van der Waals surface area contributed by atoms with Gasteiger partial charge in [-0.3, -0.25) is 0 Å². The van der Waals surface area contributed by atoms with Crippen molar-refractivity contribution in [3.63, 3.8) is 0 Å². The third-order valence-electron chi connectivity index (χ3n) is 3.78. The van der Waals surface area contributed by atoms with E-state index in [1.54, 1.807) is 12.1 Å². The number of carboxylic acid groups (broad SMARTS) is 1. The van der Waals surface area contributed by atoms with Crippen LogP contribution in [0.15, 0.2) is 24.3 Å². The Hall–Kier alpha value is -1.31. The molecular weight excluding hydrogens is 176 g/mol. The Morgan fingerprint density at radius 2 is 1.79 bits per heavy atom. The minimum Gasteiger partial charge on any atom is -0.478 e. The van der Waals surface area contributed by atoms with Crippen LogP contribution < -0.4 is 0 Å². The highest BCUT2D eigenvalue weighted by atomic mass is 16.4. The van der Waals surface area contributed by atoms with E-state index in [-0.39, 0.29) is 0 Å². The van der Waals surface area contributed by atoms with Gasteiger partial charge >= 0.3 is 5.97 Å². The fraction of sp³-hybridized carbons (Fsp3) is 0.417. The lowest BCUT2D eigenvalue weighted by atomic mass is 9.42. The van der Waals surface area contributed by atoms with Crippen molar-refractivity contribution in [3.05, 3.63) is 35.4 Å². The highest BCUT2D eigenvalue weighted by Crippen LogP contribution is 2.64. The summed E-state index contributed by atoms with van der Waals surface area (Å²) in [5.74, 6) is 0.128. The Morgan fingerprint density at radius 3 is 2.14 bits per heavy atom. The Morgan fingerprint density at radius 1 is 1.21 bits per heavy atom. The van der Waals surface area contributed by atoms with Crippen molar-refractivity contribution < 1.29 is 9.90 Å². The minimum atomic E-state index is -0.839. The van der Waals surface area contributed by atoms with E-state index in [0.29, 0.717) is 11.0 Å². The predicted octanol–water partition coefficient (Wildman–Crippen LogP) is 2.44. The van der Waals surface area contributed by atoms with E-state index >= 15 is 0 Å². The molecule has 0 heterocycles. The van der Waals surface area contributed by atoms with E-state index < -0.39 is 5.97 Å². The monoisotopic (exact) mass is 188 g/mol. The maximum absolute atomic E-state index is 10.7. The quantitative estimate of drug-likeness (QED) is 0.774. The Labute approximate surface area is 82.6 Å². The van der Waals surface area contributed by atoms with Crippen molar-refractivity contribution in [2.75, 3.05) is 0 Å². The molecule has 14 heavy (non-hydrogen) atoms. The van der Waals surface area contributed by atoms with Gasteiger partial charge in [0.15, 0.2) is 0 Å². The van der Waals surface area contributed by atoms with E-state index in [9.17, 15) is 4.79 Å². The van der Waals surface area contributed by atoms with Crippen LogP contribution in [0.25, 0.3) is 0 Å². The molecular formula is C12H12O2. The molecule has 0 aromatic heterocycles. The van der Waals surface area contributed by atoms with E-state index in [4.69, 9.17) is 5.11 Å². The molecule has 3 aliphatic carbocycles. The van der Waals surface area contributed by atoms with Crippen LogP contribution in [0.4, 0.5) is 0 Å². The molecule has 4 rings (SSSR count). The summed E-state index contributed by atoms with van der Waals surface area (Å²) in [6.45, 7) is 0. The first-order valence-electron chi connectivity index (χ1n) is 5.03. The van der Waals surface area contributed by atoms with Crippen LogP contribution >= 0.6 is 0 Å². The first-order valence-corrected chi connectivity index (χ1v) is 5.03. The Balaban J connectivity index is 1.90. The van der Waals surface area contributed by atoms with Gasteiger partial charge in [-0.25, -0.2) is 4.79 Å². The number of rotatable bonds is 2. The van der Waals surface area contributed by atoms with Crippen LogP contribution in [0.5, 0.6) is 0 Å². The summed E-state index contributed by atoms with van der Waals surface area (Å²) in [6.07, 6.45) is 3.96. The third-order valence-corrected chi connectivity index (χ3v) is 3.78. The van der Waals surface area contributed by atoms with Crippen LogP contribution in [0.1, 0.15) is 35.2 Å². The topological polar surface area (TPSA) is 37.3 Å². The van der Waals surface area contributed by atoms with Crippen LogP contribution in [0.2, 0.25) is 0 Å². The molecule has 0 radical (unpaired) electrons. The molecule has 1 N–H and O–H groups in total. The van der Waals surface area contributed by atoms with Gasteiger partial charge in [0.2, 0.25) is 0 Å². The van der Waals surface area contributed by atoms with Gasteiger partial charge in [-0.15, -0.1) is 0 Å². The predicted molar refractivity (Wildman–Crippen MR) is 52.4 cm³/mol. The van der Waals surface area contributed by atoms with Crippen molar-refractivity contribution >= 4 is 5.97 Å². The zero-order valence-corrected chi connectivity index (χ0v) is 7.86. The van der Waals surface area contributed by atoms with Gasteiger partial charge in [0.05, 0.1) is 5.56 Å². The smallest absolute Gasteiger partial charge is 0.335 e. The van der Waals surface area contributed by atoms with Crippen LogP contribution in [0, 0.1) is 5.92 Å². The zero-order valence-electron chi connectivity index (χ0n) is 7.86. The summed E-state index contributed by atoms with van der Waals surface area (Å²) in [5, 5.41) is 8.76. The third kappa shape index (κ3) is 0.884. The van der Waals surface area contributed by atoms with Gasteiger partial charge in [-0.1, -0.05) is 12.1 Å². The van der Waals surface area contributed by atoms with Crippen LogP contribution in [-0.2, 0) is 5.41 Å². The maximum Gasteiger partial charge on any atom is 0.335 e. The van der Waals surface area contributed by atoms with E-state index in [1.807, 2.05) is 12.1 Å². The molecule has 0 unspecified atom stereocenters. The molecule has 0 saturated heterocycles. The molecule has 2 nitrogen and oxygen atoms in total.